The highest BCUT2D eigenvalue weighted by molar-refractivity contribution is 5.27. The Morgan fingerprint density at radius 1 is 1.29 bits per heavy atom. The van der Waals surface area contributed by atoms with Crippen LogP contribution in [0.1, 0.15) is 38.2 Å². The van der Waals surface area contributed by atoms with Crippen molar-refractivity contribution in [2.24, 2.45) is 0 Å². The molecule has 1 saturated heterocycles. The molecule has 1 aliphatic rings. The van der Waals surface area contributed by atoms with Gasteiger partial charge in [0.2, 0.25) is 0 Å². The summed E-state index contributed by atoms with van der Waals surface area (Å²) in [6.45, 7) is 4.68. The summed E-state index contributed by atoms with van der Waals surface area (Å²) in [5, 5.41) is 19.1. The van der Waals surface area contributed by atoms with Gasteiger partial charge in [0, 0.05) is 19.1 Å². The van der Waals surface area contributed by atoms with E-state index in [1.165, 1.54) is 5.56 Å². The Morgan fingerprint density at radius 2 is 2.05 bits per heavy atom. The Kier molecular flexibility index (Phi) is 6.49. The number of aliphatic hydroxyl groups is 2. The molecule has 4 nitrogen and oxygen atoms in total. The topological polar surface area (TPSA) is 52.9 Å². The fraction of sp³-hybridized carbons (Fsp3) is 0.647. The number of piperidine rings is 1. The molecule has 0 bridgehead atoms. The molecule has 1 fully saturated rings. The van der Waals surface area contributed by atoms with E-state index in [1.807, 2.05) is 12.1 Å². The third-order valence-corrected chi connectivity index (χ3v) is 4.10. The van der Waals surface area contributed by atoms with Gasteiger partial charge in [0.1, 0.15) is 5.75 Å². The average Bonchev–Trinajstić information content (AvgIpc) is 2.51. The lowest BCUT2D eigenvalue weighted by Crippen LogP contribution is -2.45. The molecule has 118 valence electrons. The molecule has 2 N–H and O–H groups in total. The standard InChI is InChI=1S/C17H27NO3/c1-2-3-10-21-17-6-4-14(5-7-17)12-18-9-8-16(20)11-15(18)13-19/h4-7,15-16,19-20H,2-3,8-13H2,1H3. The monoisotopic (exact) mass is 293 g/mol. The second-order valence-corrected chi connectivity index (χ2v) is 5.83. The van der Waals surface area contributed by atoms with Crippen molar-refractivity contribution in [3.63, 3.8) is 0 Å². The molecule has 0 saturated carbocycles. The predicted octanol–water partition coefficient (Wildman–Crippen LogP) is 2.18. The van der Waals surface area contributed by atoms with Crippen molar-refractivity contribution in [3.05, 3.63) is 29.8 Å². The Balaban J connectivity index is 1.87. The van der Waals surface area contributed by atoms with Crippen LogP contribution in [-0.2, 0) is 6.54 Å². The molecule has 2 rings (SSSR count). The maximum absolute atomic E-state index is 9.68. The first-order valence-electron chi connectivity index (χ1n) is 7.97. The molecule has 1 aliphatic heterocycles. The van der Waals surface area contributed by atoms with Crippen LogP contribution in [-0.4, -0.2) is 47.0 Å². The van der Waals surface area contributed by atoms with Crippen molar-refractivity contribution in [1.82, 2.24) is 4.90 Å². The van der Waals surface area contributed by atoms with Crippen LogP contribution >= 0.6 is 0 Å². The largest absolute Gasteiger partial charge is 0.494 e. The highest BCUT2D eigenvalue weighted by Crippen LogP contribution is 2.21. The van der Waals surface area contributed by atoms with E-state index in [-0.39, 0.29) is 18.8 Å². The van der Waals surface area contributed by atoms with Gasteiger partial charge in [-0.15, -0.1) is 0 Å². The van der Waals surface area contributed by atoms with Gasteiger partial charge in [0.05, 0.1) is 19.3 Å². The molecule has 0 aliphatic carbocycles. The lowest BCUT2D eigenvalue weighted by atomic mass is 9.99. The first-order valence-corrected chi connectivity index (χ1v) is 7.97. The first-order chi connectivity index (χ1) is 10.2. The van der Waals surface area contributed by atoms with Gasteiger partial charge in [-0.3, -0.25) is 4.90 Å². The molecule has 1 aromatic carbocycles. The molecule has 2 unspecified atom stereocenters. The van der Waals surface area contributed by atoms with Gasteiger partial charge in [-0.25, -0.2) is 0 Å². The van der Waals surface area contributed by atoms with Gasteiger partial charge < -0.3 is 14.9 Å². The Morgan fingerprint density at radius 3 is 2.71 bits per heavy atom. The maximum atomic E-state index is 9.68. The van der Waals surface area contributed by atoms with Crippen LogP contribution in [0.2, 0.25) is 0 Å². The molecule has 0 aromatic heterocycles. The van der Waals surface area contributed by atoms with Crippen molar-refractivity contribution >= 4 is 0 Å². The van der Waals surface area contributed by atoms with E-state index in [1.54, 1.807) is 0 Å². The van der Waals surface area contributed by atoms with Crippen LogP contribution in [0.3, 0.4) is 0 Å². The van der Waals surface area contributed by atoms with Crippen molar-refractivity contribution in [2.75, 3.05) is 19.8 Å². The average molecular weight is 293 g/mol. The second kappa shape index (κ2) is 8.37. The molecular weight excluding hydrogens is 266 g/mol. The number of hydrogen-bond acceptors (Lipinski definition) is 4. The number of nitrogens with zero attached hydrogens (tertiary/aromatic N) is 1. The lowest BCUT2D eigenvalue weighted by molar-refractivity contribution is 0.0129. The van der Waals surface area contributed by atoms with Gasteiger partial charge in [-0.1, -0.05) is 25.5 Å². The van der Waals surface area contributed by atoms with E-state index in [9.17, 15) is 10.2 Å². The van der Waals surface area contributed by atoms with Gasteiger partial charge in [0.25, 0.3) is 0 Å². The Labute approximate surface area is 127 Å². The van der Waals surface area contributed by atoms with E-state index < -0.39 is 0 Å². The number of benzene rings is 1. The smallest absolute Gasteiger partial charge is 0.119 e. The number of rotatable bonds is 7. The third kappa shape index (κ3) is 4.99. The Bertz CT molecular complexity index is 407. The van der Waals surface area contributed by atoms with E-state index in [4.69, 9.17) is 4.74 Å². The molecule has 21 heavy (non-hydrogen) atoms. The minimum Gasteiger partial charge on any atom is -0.494 e. The van der Waals surface area contributed by atoms with Gasteiger partial charge in [-0.2, -0.15) is 0 Å². The van der Waals surface area contributed by atoms with E-state index in [0.717, 1.165) is 44.7 Å². The van der Waals surface area contributed by atoms with Gasteiger partial charge >= 0.3 is 0 Å². The zero-order valence-corrected chi connectivity index (χ0v) is 12.9. The third-order valence-electron chi connectivity index (χ3n) is 4.10. The quantitative estimate of drug-likeness (QED) is 0.757. The highest BCUT2D eigenvalue weighted by Gasteiger charge is 2.26. The van der Waals surface area contributed by atoms with Crippen molar-refractivity contribution in [3.8, 4) is 5.75 Å². The molecular formula is C17H27NO3. The predicted molar refractivity (Wildman–Crippen MR) is 83.4 cm³/mol. The summed E-state index contributed by atoms with van der Waals surface area (Å²) in [5.41, 5.74) is 1.22. The van der Waals surface area contributed by atoms with E-state index in [2.05, 4.69) is 24.0 Å². The summed E-state index contributed by atoms with van der Waals surface area (Å²) in [4.78, 5) is 2.25. The normalized spacial score (nSPS) is 23.2. The number of likely N-dealkylation sites (tertiary alicyclic amines) is 1. The summed E-state index contributed by atoms with van der Waals surface area (Å²) in [7, 11) is 0. The minimum atomic E-state index is -0.271. The van der Waals surface area contributed by atoms with Crippen LogP contribution in [0.4, 0.5) is 0 Å². The van der Waals surface area contributed by atoms with Crippen LogP contribution in [0.15, 0.2) is 24.3 Å². The van der Waals surface area contributed by atoms with Gasteiger partial charge in [0.15, 0.2) is 0 Å². The molecule has 0 spiro atoms. The summed E-state index contributed by atoms with van der Waals surface area (Å²) in [6, 6.07) is 8.26. The SMILES string of the molecule is CCCCOc1ccc(CN2CCC(O)CC2CO)cc1. The number of hydrogen-bond donors (Lipinski definition) is 2. The summed E-state index contributed by atoms with van der Waals surface area (Å²) in [5.74, 6) is 0.917. The Hall–Kier alpha value is -1.10. The summed E-state index contributed by atoms with van der Waals surface area (Å²) >= 11 is 0. The van der Waals surface area contributed by atoms with E-state index >= 15 is 0 Å². The van der Waals surface area contributed by atoms with Crippen molar-refractivity contribution in [1.29, 1.82) is 0 Å². The number of unbranched alkanes of at least 4 members (excludes halogenated alkanes) is 1. The summed E-state index contributed by atoms with van der Waals surface area (Å²) in [6.07, 6.45) is 3.40. The molecule has 0 amide bonds. The maximum Gasteiger partial charge on any atom is 0.119 e. The zero-order chi connectivity index (χ0) is 15.1. The van der Waals surface area contributed by atoms with Crippen LogP contribution in [0.5, 0.6) is 5.75 Å². The lowest BCUT2D eigenvalue weighted by Gasteiger charge is -2.36. The van der Waals surface area contributed by atoms with Crippen LogP contribution in [0, 0.1) is 0 Å². The van der Waals surface area contributed by atoms with E-state index in [0.29, 0.717) is 6.42 Å². The van der Waals surface area contributed by atoms with Crippen molar-refractivity contribution < 1.29 is 14.9 Å². The molecule has 1 heterocycles. The highest BCUT2D eigenvalue weighted by atomic mass is 16.5. The molecule has 4 heteroatoms. The van der Waals surface area contributed by atoms with Crippen molar-refractivity contribution in [2.45, 2.75) is 51.3 Å². The second-order valence-electron chi connectivity index (χ2n) is 5.83. The minimum absolute atomic E-state index is 0.0641. The molecule has 2 atom stereocenters. The summed E-state index contributed by atoms with van der Waals surface area (Å²) < 4.78 is 5.66. The van der Waals surface area contributed by atoms with Crippen LogP contribution in [0.25, 0.3) is 0 Å². The number of ether oxygens (including phenoxy) is 1. The zero-order valence-electron chi connectivity index (χ0n) is 12.9. The first kappa shape index (κ1) is 16.3. The molecule has 0 radical (unpaired) electrons. The van der Waals surface area contributed by atoms with Crippen LogP contribution < -0.4 is 4.74 Å². The molecule has 1 aromatic rings. The van der Waals surface area contributed by atoms with Gasteiger partial charge in [-0.05, 0) is 37.0 Å². The fourth-order valence-corrected chi connectivity index (χ4v) is 2.74. The number of aliphatic hydroxyl groups excluding tert-OH is 2. The fourth-order valence-electron chi connectivity index (χ4n) is 2.74.